The number of amides is 1. The van der Waals surface area contributed by atoms with Crippen LogP contribution < -0.4 is 5.32 Å². The molecule has 0 saturated carbocycles. The number of hydrogen-bond donors (Lipinski definition) is 1. The summed E-state index contributed by atoms with van der Waals surface area (Å²) in [7, 11) is 1.86. The van der Waals surface area contributed by atoms with Crippen LogP contribution >= 0.6 is 0 Å². The lowest BCUT2D eigenvalue weighted by molar-refractivity contribution is 0.102. The summed E-state index contributed by atoms with van der Waals surface area (Å²) < 4.78 is 5.44. The zero-order chi connectivity index (χ0) is 20.8. The Labute approximate surface area is 172 Å². The predicted molar refractivity (Wildman–Crippen MR) is 113 cm³/mol. The number of anilines is 1. The van der Waals surface area contributed by atoms with E-state index in [4.69, 9.17) is 0 Å². The van der Waals surface area contributed by atoms with Gasteiger partial charge in [0.1, 0.15) is 0 Å². The fourth-order valence-corrected chi connectivity index (χ4v) is 3.65. The number of hydrogen-bond acceptors (Lipinski definition) is 5. The van der Waals surface area contributed by atoms with Gasteiger partial charge in [0.05, 0.1) is 22.9 Å². The molecule has 0 aliphatic rings. The topological polar surface area (TPSA) is 94.9 Å². The van der Waals surface area contributed by atoms with Crippen LogP contribution in [0.3, 0.4) is 0 Å². The van der Waals surface area contributed by atoms with Gasteiger partial charge in [-0.15, -0.1) is 0 Å². The van der Waals surface area contributed by atoms with Gasteiger partial charge in [-0.3, -0.25) is 14.8 Å². The number of nitrogens with one attached hydrogen (secondary N) is 1. The standard InChI is InChI=1S/C21H20N8O/c1-4-28-13(2)14(12-23-28)17-9-10-22-19-11-16(26-29(17)19)20(30)25-21-24-15-7-5-6-8-18(15)27(21)3/h5-12H,4H2,1-3H3,(H,24,25,30). The summed E-state index contributed by atoms with van der Waals surface area (Å²) in [6.45, 7) is 4.84. The van der Waals surface area contributed by atoms with E-state index in [9.17, 15) is 4.79 Å². The molecule has 0 radical (unpaired) electrons. The van der Waals surface area contributed by atoms with Crippen LogP contribution in [0, 0.1) is 6.92 Å². The minimum atomic E-state index is -0.342. The lowest BCUT2D eigenvalue weighted by atomic mass is 10.2. The van der Waals surface area contributed by atoms with Crippen molar-refractivity contribution in [2.75, 3.05) is 5.32 Å². The van der Waals surface area contributed by atoms with Crippen molar-refractivity contribution in [3.05, 3.63) is 60.2 Å². The molecule has 4 heterocycles. The molecule has 0 unspecified atom stereocenters. The van der Waals surface area contributed by atoms with Crippen LogP contribution in [0.5, 0.6) is 0 Å². The van der Waals surface area contributed by atoms with Gasteiger partial charge in [0.15, 0.2) is 11.3 Å². The fraction of sp³-hybridized carbons (Fsp3) is 0.190. The molecule has 5 rings (SSSR count). The third-order valence-corrected chi connectivity index (χ3v) is 5.28. The minimum Gasteiger partial charge on any atom is -0.313 e. The van der Waals surface area contributed by atoms with Crippen molar-refractivity contribution in [3.63, 3.8) is 0 Å². The first-order valence-corrected chi connectivity index (χ1v) is 9.67. The van der Waals surface area contributed by atoms with Gasteiger partial charge in [0, 0.05) is 37.1 Å². The average Bonchev–Trinajstić information content (AvgIpc) is 3.44. The summed E-state index contributed by atoms with van der Waals surface area (Å²) in [6, 6.07) is 11.3. The fourth-order valence-electron chi connectivity index (χ4n) is 3.65. The molecule has 9 heteroatoms. The van der Waals surface area contributed by atoms with Crippen molar-refractivity contribution in [1.29, 1.82) is 0 Å². The molecule has 0 bridgehead atoms. The van der Waals surface area contributed by atoms with Crippen molar-refractivity contribution in [3.8, 4) is 11.3 Å². The molecule has 0 spiro atoms. The quantitative estimate of drug-likeness (QED) is 0.500. The summed E-state index contributed by atoms with van der Waals surface area (Å²) in [5, 5.41) is 11.8. The van der Waals surface area contributed by atoms with Gasteiger partial charge in [-0.05, 0) is 32.0 Å². The van der Waals surface area contributed by atoms with Crippen molar-refractivity contribution >= 4 is 28.5 Å². The van der Waals surface area contributed by atoms with Crippen LogP contribution in [0.4, 0.5) is 5.95 Å². The number of rotatable bonds is 4. The second kappa shape index (κ2) is 6.80. The predicted octanol–water partition coefficient (Wildman–Crippen LogP) is 3.06. The van der Waals surface area contributed by atoms with E-state index in [2.05, 4.69) is 25.5 Å². The highest BCUT2D eigenvalue weighted by atomic mass is 16.2. The SMILES string of the molecule is CCn1ncc(-c2ccnc3cc(C(=O)Nc4nc5ccccc5n4C)nn23)c1C. The average molecular weight is 400 g/mol. The van der Waals surface area contributed by atoms with Crippen molar-refractivity contribution in [1.82, 2.24) is 33.9 Å². The van der Waals surface area contributed by atoms with Crippen LogP contribution in [0.15, 0.2) is 48.8 Å². The largest absolute Gasteiger partial charge is 0.313 e. The summed E-state index contributed by atoms with van der Waals surface area (Å²) in [4.78, 5) is 21.7. The summed E-state index contributed by atoms with van der Waals surface area (Å²) in [5.74, 6) is 0.123. The Kier molecular flexibility index (Phi) is 4.09. The Bertz CT molecular complexity index is 1410. The minimum absolute atomic E-state index is 0.266. The summed E-state index contributed by atoms with van der Waals surface area (Å²) in [5.41, 5.74) is 5.43. The molecule has 1 N–H and O–H groups in total. The molecule has 0 fully saturated rings. The monoisotopic (exact) mass is 400 g/mol. The van der Waals surface area contributed by atoms with Gasteiger partial charge in [0.2, 0.25) is 5.95 Å². The lowest BCUT2D eigenvalue weighted by Gasteiger charge is -2.05. The van der Waals surface area contributed by atoms with Crippen LogP contribution in [-0.2, 0) is 13.6 Å². The van der Waals surface area contributed by atoms with E-state index in [0.29, 0.717) is 11.6 Å². The Balaban J connectivity index is 1.52. The van der Waals surface area contributed by atoms with E-state index in [-0.39, 0.29) is 11.6 Å². The molecule has 1 amide bonds. The third kappa shape index (κ3) is 2.74. The second-order valence-electron chi connectivity index (χ2n) is 7.03. The first-order valence-electron chi connectivity index (χ1n) is 9.67. The van der Waals surface area contributed by atoms with E-state index in [1.807, 2.05) is 66.7 Å². The van der Waals surface area contributed by atoms with Crippen LogP contribution in [-0.4, -0.2) is 39.8 Å². The molecule has 150 valence electrons. The van der Waals surface area contributed by atoms with E-state index < -0.39 is 0 Å². The maximum atomic E-state index is 12.9. The highest BCUT2D eigenvalue weighted by Crippen LogP contribution is 2.24. The van der Waals surface area contributed by atoms with Crippen molar-refractivity contribution < 1.29 is 4.79 Å². The molecule has 9 nitrogen and oxygen atoms in total. The number of carbonyl (C=O) groups excluding carboxylic acids is 1. The molecule has 0 aliphatic heterocycles. The highest BCUT2D eigenvalue weighted by Gasteiger charge is 2.18. The van der Waals surface area contributed by atoms with Crippen molar-refractivity contribution in [2.45, 2.75) is 20.4 Å². The molecule has 5 aromatic rings. The number of aryl methyl sites for hydroxylation is 2. The number of benzene rings is 1. The third-order valence-electron chi connectivity index (χ3n) is 5.28. The molecular weight excluding hydrogens is 380 g/mol. The molecule has 0 saturated heterocycles. The Hall–Kier alpha value is -4.01. The summed E-state index contributed by atoms with van der Waals surface area (Å²) in [6.07, 6.45) is 3.52. The van der Waals surface area contributed by atoms with Gasteiger partial charge in [0.25, 0.3) is 5.91 Å². The molecule has 0 atom stereocenters. The maximum Gasteiger partial charge on any atom is 0.278 e. The van der Waals surface area contributed by atoms with Gasteiger partial charge in [-0.25, -0.2) is 14.5 Å². The zero-order valence-electron chi connectivity index (χ0n) is 16.9. The molecule has 1 aromatic carbocycles. The maximum absolute atomic E-state index is 12.9. The lowest BCUT2D eigenvalue weighted by Crippen LogP contribution is -2.15. The van der Waals surface area contributed by atoms with E-state index in [1.165, 1.54) is 0 Å². The first-order chi connectivity index (χ1) is 14.6. The van der Waals surface area contributed by atoms with E-state index in [1.54, 1.807) is 16.8 Å². The number of fused-ring (bicyclic) bond motifs is 2. The number of nitrogens with zero attached hydrogens (tertiary/aromatic N) is 7. The van der Waals surface area contributed by atoms with Crippen molar-refractivity contribution in [2.24, 2.45) is 7.05 Å². The smallest absolute Gasteiger partial charge is 0.278 e. The molecule has 0 aliphatic carbocycles. The number of para-hydroxylation sites is 2. The molecule has 30 heavy (non-hydrogen) atoms. The normalized spacial score (nSPS) is 11.4. The van der Waals surface area contributed by atoms with Crippen LogP contribution in [0.25, 0.3) is 27.9 Å². The van der Waals surface area contributed by atoms with Gasteiger partial charge >= 0.3 is 0 Å². The molecule has 4 aromatic heterocycles. The Morgan fingerprint density at radius 1 is 1.20 bits per heavy atom. The van der Waals surface area contributed by atoms with Gasteiger partial charge in [-0.1, -0.05) is 12.1 Å². The second-order valence-corrected chi connectivity index (χ2v) is 7.03. The first kappa shape index (κ1) is 18.0. The molecular formula is C21H20N8O. The Morgan fingerprint density at radius 3 is 2.80 bits per heavy atom. The number of carbonyl (C=O) groups is 1. The number of aromatic nitrogens is 7. The number of imidazole rings is 1. The highest BCUT2D eigenvalue weighted by molar-refractivity contribution is 6.03. The van der Waals surface area contributed by atoms with Gasteiger partial charge < -0.3 is 4.57 Å². The van der Waals surface area contributed by atoms with Gasteiger partial charge in [-0.2, -0.15) is 10.2 Å². The van der Waals surface area contributed by atoms with Crippen LogP contribution in [0.1, 0.15) is 23.1 Å². The van der Waals surface area contributed by atoms with E-state index in [0.717, 1.165) is 34.5 Å². The summed E-state index contributed by atoms with van der Waals surface area (Å²) >= 11 is 0. The Morgan fingerprint density at radius 2 is 2.03 bits per heavy atom. The van der Waals surface area contributed by atoms with E-state index >= 15 is 0 Å². The zero-order valence-corrected chi connectivity index (χ0v) is 16.9. The van der Waals surface area contributed by atoms with Crippen LogP contribution in [0.2, 0.25) is 0 Å².